The predicted octanol–water partition coefficient (Wildman–Crippen LogP) is 3.56. The Labute approximate surface area is 147 Å². The van der Waals surface area contributed by atoms with E-state index in [1.807, 2.05) is 24.3 Å². The number of amides is 1. The Bertz CT molecular complexity index is 657. The van der Waals surface area contributed by atoms with Crippen molar-refractivity contribution in [3.05, 3.63) is 40.3 Å². The third-order valence-electron chi connectivity index (χ3n) is 3.58. The molecule has 130 valence electrons. The molecule has 6 heteroatoms. The van der Waals surface area contributed by atoms with E-state index in [-0.39, 0.29) is 5.91 Å². The van der Waals surface area contributed by atoms with Crippen LogP contribution in [-0.4, -0.2) is 36.0 Å². The van der Waals surface area contributed by atoms with E-state index in [4.69, 9.17) is 4.74 Å². The SMILES string of the molecule is CCCN(CC(=O)Nc1ccccc1OC)Cc1csc(CC)n1. The first-order valence-electron chi connectivity index (χ1n) is 8.24. The molecule has 0 aliphatic carbocycles. The van der Waals surface area contributed by atoms with Crippen molar-refractivity contribution in [2.75, 3.05) is 25.5 Å². The molecule has 0 saturated heterocycles. The Balaban J connectivity index is 1.97. The molecule has 1 aromatic heterocycles. The quantitative estimate of drug-likeness (QED) is 0.753. The number of carbonyl (C=O) groups excluding carboxylic acids is 1. The van der Waals surface area contributed by atoms with Crippen LogP contribution in [-0.2, 0) is 17.8 Å². The lowest BCUT2D eigenvalue weighted by molar-refractivity contribution is -0.117. The number of benzene rings is 1. The van der Waals surface area contributed by atoms with E-state index in [9.17, 15) is 4.79 Å². The molecule has 1 heterocycles. The summed E-state index contributed by atoms with van der Waals surface area (Å²) in [6, 6.07) is 7.44. The second-order valence-electron chi connectivity index (χ2n) is 5.55. The number of rotatable bonds is 9. The smallest absolute Gasteiger partial charge is 0.238 e. The van der Waals surface area contributed by atoms with Gasteiger partial charge in [-0.05, 0) is 31.5 Å². The van der Waals surface area contributed by atoms with E-state index in [0.717, 1.165) is 30.1 Å². The predicted molar refractivity (Wildman–Crippen MR) is 98.7 cm³/mol. The highest BCUT2D eigenvalue weighted by molar-refractivity contribution is 7.09. The first kappa shape index (κ1) is 18.4. The summed E-state index contributed by atoms with van der Waals surface area (Å²) in [7, 11) is 1.60. The van der Waals surface area contributed by atoms with Crippen molar-refractivity contribution in [2.45, 2.75) is 33.2 Å². The maximum Gasteiger partial charge on any atom is 0.238 e. The van der Waals surface area contributed by atoms with Crippen molar-refractivity contribution < 1.29 is 9.53 Å². The summed E-state index contributed by atoms with van der Waals surface area (Å²) in [5.41, 5.74) is 1.73. The van der Waals surface area contributed by atoms with Crippen LogP contribution in [0.3, 0.4) is 0 Å². The number of hydrogen-bond donors (Lipinski definition) is 1. The van der Waals surface area contributed by atoms with Crippen LogP contribution in [0.25, 0.3) is 0 Å². The van der Waals surface area contributed by atoms with Gasteiger partial charge in [-0.3, -0.25) is 9.69 Å². The molecule has 0 aliphatic rings. The van der Waals surface area contributed by atoms with Crippen molar-refractivity contribution in [3.63, 3.8) is 0 Å². The number of anilines is 1. The van der Waals surface area contributed by atoms with E-state index < -0.39 is 0 Å². The number of nitrogens with one attached hydrogen (secondary N) is 1. The highest BCUT2D eigenvalue weighted by Gasteiger charge is 2.14. The Morgan fingerprint density at radius 1 is 1.33 bits per heavy atom. The molecule has 0 unspecified atom stereocenters. The van der Waals surface area contributed by atoms with Crippen LogP contribution in [0.2, 0.25) is 0 Å². The minimum Gasteiger partial charge on any atom is -0.495 e. The Hall–Kier alpha value is -1.92. The van der Waals surface area contributed by atoms with Crippen LogP contribution < -0.4 is 10.1 Å². The van der Waals surface area contributed by atoms with E-state index in [0.29, 0.717) is 24.5 Å². The van der Waals surface area contributed by atoms with Crippen molar-refractivity contribution in [1.82, 2.24) is 9.88 Å². The van der Waals surface area contributed by atoms with Gasteiger partial charge in [0, 0.05) is 11.9 Å². The zero-order valence-corrected chi connectivity index (χ0v) is 15.4. The van der Waals surface area contributed by atoms with Crippen LogP contribution in [0.1, 0.15) is 31.0 Å². The van der Waals surface area contributed by atoms with Gasteiger partial charge in [-0.25, -0.2) is 4.98 Å². The highest BCUT2D eigenvalue weighted by atomic mass is 32.1. The molecule has 0 fully saturated rings. The summed E-state index contributed by atoms with van der Waals surface area (Å²) in [5.74, 6) is 0.624. The molecular weight excluding hydrogens is 322 g/mol. The van der Waals surface area contributed by atoms with Gasteiger partial charge in [-0.15, -0.1) is 11.3 Å². The minimum atomic E-state index is -0.0427. The fourth-order valence-corrected chi connectivity index (χ4v) is 3.22. The number of nitrogens with zero attached hydrogens (tertiary/aromatic N) is 2. The molecule has 1 aromatic carbocycles. The van der Waals surface area contributed by atoms with Gasteiger partial charge < -0.3 is 10.1 Å². The molecule has 24 heavy (non-hydrogen) atoms. The number of methoxy groups -OCH3 is 1. The van der Waals surface area contributed by atoms with E-state index in [1.54, 1.807) is 18.4 Å². The largest absolute Gasteiger partial charge is 0.495 e. The molecule has 0 saturated carbocycles. The first-order valence-corrected chi connectivity index (χ1v) is 9.12. The monoisotopic (exact) mass is 347 g/mol. The molecule has 0 aliphatic heterocycles. The molecule has 2 aromatic rings. The lowest BCUT2D eigenvalue weighted by Crippen LogP contribution is -2.33. The molecule has 0 spiro atoms. The molecular formula is C18H25N3O2S. The van der Waals surface area contributed by atoms with Gasteiger partial charge in [0.15, 0.2) is 0 Å². The average molecular weight is 347 g/mol. The van der Waals surface area contributed by atoms with E-state index in [1.165, 1.54) is 0 Å². The van der Waals surface area contributed by atoms with Gasteiger partial charge in [-0.1, -0.05) is 26.0 Å². The summed E-state index contributed by atoms with van der Waals surface area (Å²) in [4.78, 5) is 19.1. The fourth-order valence-electron chi connectivity index (χ4n) is 2.48. The Morgan fingerprint density at radius 3 is 2.79 bits per heavy atom. The van der Waals surface area contributed by atoms with Crippen LogP contribution in [0.5, 0.6) is 5.75 Å². The van der Waals surface area contributed by atoms with E-state index in [2.05, 4.69) is 34.4 Å². The van der Waals surface area contributed by atoms with Crippen molar-refractivity contribution in [1.29, 1.82) is 0 Å². The molecule has 5 nitrogen and oxygen atoms in total. The average Bonchev–Trinajstić information content (AvgIpc) is 3.03. The topological polar surface area (TPSA) is 54.5 Å². The van der Waals surface area contributed by atoms with Gasteiger partial charge in [-0.2, -0.15) is 0 Å². The van der Waals surface area contributed by atoms with Crippen molar-refractivity contribution in [3.8, 4) is 5.75 Å². The summed E-state index contributed by atoms with van der Waals surface area (Å²) >= 11 is 1.68. The third kappa shape index (κ3) is 5.32. The number of carbonyl (C=O) groups is 1. The number of ether oxygens (including phenoxy) is 1. The normalized spacial score (nSPS) is 10.8. The van der Waals surface area contributed by atoms with Gasteiger partial charge in [0.2, 0.25) is 5.91 Å². The zero-order chi connectivity index (χ0) is 17.4. The second kappa shape index (κ2) is 9.39. The molecule has 2 rings (SSSR count). The number of aromatic nitrogens is 1. The standard InChI is InChI=1S/C18H25N3O2S/c1-4-10-21(11-14-13-24-18(5-2)19-14)12-17(22)20-15-8-6-7-9-16(15)23-3/h6-9,13H,4-5,10-12H2,1-3H3,(H,20,22). The third-order valence-corrected chi connectivity index (χ3v) is 4.62. The summed E-state index contributed by atoms with van der Waals surface area (Å²) in [5, 5.41) is 6.15. The second-order valence-corrected chi connectivity index (χ2v) is 6.49. The Kier molecular flexibility index (Phi) is 7.21. The minimum absolute atomic E-state index is 0.0427. The van der Waals surface area contributed by atoms with Crippen LogP contribution in [0, 0.1) is 0 Å². The van der Waals surface area contributed by atoms with Crippen molar-refractivity contribution >= 4 is 22.9 Å². The maximum absolute atomic E-state index is 12.4. The van der Waals surface area contributed by atoms with Gasteiger partial charge in [0.25, 0.3) is 0 Å². The van der Waals surface area contributed by atoms with Crippen molar-refractivity contribution in [2.24, 2.45) is 0 Å². The summed E-state index contributed by atoms with van der Waals surface area (Å²) < 4.78 is 5.27. The number of hydrogen-bond acceptors (Lipinski definition) is 5. The molecule has 0 atom stereocenters. The first-order chi connectivity index (χ1) is 11.7. The summed E-state index contributed by atoms with van der Waals surface area (Å²) in [6.07, 6.45) is 1.94. The van der Waals surface area contributed by atoms with Crippen LogP contribution in [0.4, 0.5) is 5.69 Å². The van der Waals surface area contributed by atoms with E-state index >= 15 is 0 Å². The van der Waals surface area contributed by atoms with Crippen LogP contribution in [0.15, 0.2) is 29.6 Å². The van der Waals surface area contributed by atoms with Gasteiger partial charge >= 0.3 is 0 Å². The number of para-hydroxylation sites is 2. The number of thiazole rings is 1. The summed E-state index contributed by atoms with van der Waals surface area (Å²) in [6.45, 7) is 6.11. The molecule has 1 N–H and O–H groups in total. The Morgan fingerprint density at radius 2 is 2.12 bits per heavy atom. The molecule has 0 bridgehead atoms. The van der Waals surface area contributed by atoms with Gasteiger partial charge in [0.1, 0.15) is 5.75 Å². The number of aryl methyl sites for hydroxylation is 1. The lowest BCUT2D eigenvalue weighted by atomic mass is 10.3. The molecule has 1 amide bonds. The highest BCUT2D eigenvalue weighted by Crippen LogP contribution is 2.23. The zero-order valence-electron chi connectivity index (χ0n) is 14.5. The lowest BCUT2D eigenvalue weighted by Gasteiger charge is -2.20. The fraction of sp³-hybridized carbons (Fsp3) is 0.444. The van der Waals surface area contributed by atoms with Crippen LogP contribution >= 0.6 is 11.3 Å². The maximum atomic E-state index is 12.4. The van der Waals surface area contributed by atoms with Gasteiger partial charge in [0.05, 0.1) is 30.0 Å². The molecule has 0 radical (unpaired) electrons.